The maximum atomic E-state index is 13.6. The number of para-hydroxylation sites is 1. The van der Waals surface area contributed by atoms with Crippen LogP contribution < -0.4 is 10.1 Å². The summed E-state index contributed by atoms with van der Waals surface area (Å²) < 4.78 is 20.1. The highest BCUT2D eigenvalue weighted by Gasteiger charge is 2.23. The van der Waals surface area contributed by atoms with E-state index >= 15 is 0 Å². The lowest BCUT2D eigenvalue weighted by atomic mass is 10.0. The van der Waals surface area contributed by atoms with Gasteiger partial charge in [-0.2, -0.15) is 0 Å². The molecule has 2 aromatic rings. The molecule has 4 heteroatoms. The maximum Gasteiger partial charge on any atom is 0.146 e. The summed E-state index contributed by atoms with van der Waals surface area (Å²) in [4.78, 5) is 0. The van der Waals surface area contributed by atoms with Crippen LogP contribution in [-0.2, 0) is 0 Å². The first-order valence-corrected chi connectivity index (χ1v) is 6.94. The number of hydrogen-bond donors (Lipinski definition) is 1. The number of fused-ring (bicyclic) bond motifs is 1. The van der Waals surface area contributed by atoms with Crippen molar-refractivity contribution in [2.75, 3.05) is 18.5 Å². The highest BCUT2D eigenvalue weighted by molar-refractivity contribution is 9.10. The topological polar surface area (TPSA) is 21.3 Å². The van der Waals surface area contributed by atoms with Crippen molar-refractivity contribution in [2.45, 2.75) is 5.92 Å². The van der Waals surface area contributed by atoms with E-state index in [2.05, 4.69) is 27.3 Å². The molecule has 0 saturated heterocycles. The highest BCUT2D eigenvalue weighted by Crippen LogP contribution is 2.33. The molecule has 0 spiro atoms. The van der Waals surface area contributed by atoms with Crippen LogP contribution >= 0.6 is 15.9 Å². The summed E-state index contributed by atoms with van der Waals surface area (Å²) in [5.74, 6) is 0.953. The van der Waals surface area contributed by atoms with Crippen molar-refractivity contribution in [3.8, 4) is 5.75 Å². The first-order valence-electron chi connectivity index (χ1n) is 6.14. The third kappa shape index (κ3) is 2.59. The monoisotopic (exact) mass is 321 g/mol. The van der Waals surface area contributed by atoms with Gasteiger partial charge in [-0.25, -0.2) is 4.39 Å². The molecule has 0 amide bonds. The fourth-order valence-corrected chi connectivity index (χ4v) is 2.63. The third-order valence-corrected chi connectivity index (χ3v) is 3.76. The van der Waals surface area contributed by atoms with Gasteiger partial charge in [-0.15, -0.1) is 0 Å². The summed E-state index contributed by atoms with van der Waals surface area (Å²) in [7, 11) is 0. The molecule has 0 aliphatic carbocycles. The molecule has 1 atom stereocenters. The van der Waals surface area contributed by atoms with Crippen LogP contribution in [0, 0.1) is 5.82 Å². The number of halogens is 2. The van der Waals surface area contributed by atoms with Crippen LogP contribution in [0.25, 0.3) is 0 Å². The van der Waals surface area contributed by atoms with Crippen LogP contribution in [0.15, 0.2) is 46.9 Å². The number of anilines is 1. The molecule has 2 aromatic carbocycles. The van der Waals surface area contributed by atoms with E-state index in [0.717, 1.165) is 10.2 Å². The van der Waals surface area contributed by atoms with Gasteiger partial charge in [0.1, 0.15) is 11.6 Å². The first kappa shape index (κ1) is 12.5. The molecule has 1 heterocycles. The largest absolute Gasteiger partial charge is 0.493 e. The van der Waals surface area contributed by atoms with Crippen molar-refractivity contribution >= 4 is 21.6 Å². The Balaban J connectivity index is 1.72. The Morgan fingerprint density at radius 2 is 2.11 bits per heavy atom. The van der Waals surface area contributed by atoms with Gasteiger partial charge in [0.2, 0.25) is 0 Å². The minimum Gasteiger partial charge on any atom is -0.493 e. The Labute approximate surface area is 119 Å². The molecular weight excluding hydrogens is 309 g/mol. The van der Waals surface area contributed by atoms with Gasteiger partial charge in [-0.1, -0.05) is 34.1 Å². The van der Waals surface area contributed by atoms with Gasteiger partial charge in [-0.3, -0.25) is 0 Å². The molecule has 1 aliphatic heterocycles. The molecule has 98 valence electrons. The van der Waals surface area contributed by atoms with E-state index in [1.165, 1.54) is 11.6 Å². The van der Waals surface area contributed by atoms with Crippen molar-refractivity contribution in [1.82, 2.24) is 0 Å². The quantitative estimate of drug-likeness (QED) is 0.915. The Hall–Kier alpha value is -1.55. The Kier molecular flexibility index (Phi) is 3.42. The average molecular weight is 322 g/mol. The van der Waals surface area contributed by atoms with Crippen molar-refractivity contribution < 1.29 is 9.13 Å². The van der Waals surface area contributed by atoms with Gasteiger partial charge in [-0.05, 0) is 24.3 Å². The van der Waals surface area contributed by atoms with Crippen molar-refractivity contribution in [1.29, 1.82) is 0 Å². The summed E-state index contributed by atoms with van der Waals surface area (Å²) in [5, 5.41) is 3.15. The van der Waals surface area contributed by atoms with E-state index < -0.39 is 0 Å². The molecule has 0 bridgehead atoms. The second-order valence-corrected chi connectivity index (χ2v) is 5.47. The Bertz CT molecular complexity index is 602. The Morgan fingerprint density at radius 1 is 1.26 bits per heavy atom. The number of rotatable bonds is 3. The summed E-state index contributed by atoms with van der Waals surface area (Å²) >= 11 is 3.34. The van der Waals surface area contributed by atoms with Gasteiger partial charge in [0, 0.05) is 22.5 Å². The lowest BCUT2D eigenvalue weighted by Crippen LogP contribution is -2.14. The van der Waals surface area contributed by atoms with E-state index in [4.69, 9.17) is 4.74 Å². The molecule has 1 N–H and O–H groups in total. The van der Waals surface area contributed by atoms with E-state index in [1.54, 1.807) is 12.1 Å². The lowest BCUT2D eigenvalue weighted by Gasteiger charge is -2.12. The predicted molar refractivity (Wildman–Crippen MR) is 77.3 cm³/mol. The molecule has 2 nitrogen and oxygen atoms in total. The number of ether oxygens (including phenoxy) is 1. The third-order valence-electron chi connectivity index (χ3n) is 3.27. The molecule has 3 rings (SSSR count). The number of nitrogens with one attached hydrogen (secondary N) is 1. The highest BCUT2D eigenvalue weighted by atomic mass is 79.9. The van der Waals surface area contributed by atoms with Gasteiger partial charge in [0.15, 0.2) is 0 Å². The zero-order valence-electron chi connectivity index (χ0n) is 10.2. The molecule has 1 unspecified atom stereocenters. The second kappa shape index (κ2) is 5.21. The Morgan fingerprint density at radius 3 is 3.00 bits per heavy atom. The second-order valence-electron chi connectivity index (χ2n) is 4.55. The van der Waals surface area contributed by atoms with Gasteiger partial charge in [0.25, 0.3) is 0 Å². The van der Waals surface area contributed by atoms with E-state index in [-0.39, 0.29) is 11.7 Å². The van der Waals surface area contributed by atoms with Crippen LogP contribution in [-0.4, -0.2) is 13.2 Å². The summed E-state index contributed by atoms with van der Waals surface area (Å²) in [5.41, 5.74) is 1.70. The zero-order valence-corrected chi connectivity index (χ0v) is 11.8. The van der Waals surface area contributed by atoms with Gasteiger partial charge >= 0.3 is 0 Å². The smallest absolute Gasteiger partial charge is 0.146 e. The van der Waals surface area contributed by atoms with Crippen LogP contribution in [0.4, 0.5) is 10.1 Å². The SMILES string of the molecule is Fc1ccc(Br)cc1NCC1COc2ccccc21. The minimum atomic E-state index is -0.240. The predicted octanol–water partition coefficient (Wildman–Crippen LogP) is 4.18. The molecule has 0 saturated carbocycles. The van der Waals surface area contributed by atoms with Gasteiger partial charge < -0.3 is 10.1 Å². The molecule has 0 aromatic heterocycles. The van der Waals surface area contributed by atoms with E-state index in [0.29, 0.717) is 18.8 Å². The molecule has 19 heavy (non-hydrogen) atoms. The van der Waals surface area contributed by atoms with Gasteiger partial charge in [0.05, 0.1) is 12.3 Å². The van der Waals surface area contributed by atoms with Crippen molar-refractivity contribution in [3.05, 3.63) is 58.3 Å². The molecule has 0 radical (unpaired) electrons. The summed E-state index contributed by atoms with van der Waals surface area (Å²) in [6, 6.07) is 12.9. The standard InChI is InChI=1S/C15H13BrFNO/c16-11-5-6-13(17)14(7-11)18-8-10-9-19-15-4-2-1-3-12(10)15/h1-7,10,18H,8-9H2. The van der Waals surface area contributed by atoms with Crippen molar-refractivity contribution in [3.63, 3.8) is 0 Å². The minimum absolute atomic E-state index is 0.240. The molecule has 0 fully saturated rings. The maximum absolute atomic E-state index is 13.6. The fourth-order valence-electron chi connectivity index (χ4n) is 2.26. The fraction of sp³-hybridized carbons (Fsp3) is 0.200. The normalized spacial score (nSPS) is 16.8. The van der Waals surface area contributed by atoms with Crippen LogP contribution in [0.3, 0.4) is 0 Å². The van der Waals surface area contributed by atoms with Crippen LogP contribution in [0.1, 0.15) is 11.5 Å². The molecular formula is C15H13BrFNO. The van der Waals surface area contributed by atoms with Crippen LogP contribution in [0.2, 0.25) is 0 Å². The molecule has 1 aliphatic rings. The first-order chi connectivity index (χ1) is 9.24. The summed E-state index contributed by atoms with van der Waals surface area (Å²) in [6.07, 6.45) is 0. The zero-order chi connectivity index (χ0) is 13.2. The summed E-state index contributed by atoms with van der Waals surface area (Å²) in [6.45, 7) is 1.30. The van der Waals surface area contributed by atoms with Crippen LogP contribution in [0.5, 0.6) is 5.75 Å². The van der Waals surface area contributed by atoms with E-state index in [1.807, 2.05) is 18.2 Å². The lowest BCUT2D eigenvalue weighted by molar-refractivity contribution is 0.334. The van der Waals surface area contributed by atoms with Crippen molar-refractivity contribution in [2.24, 2.45) is 0 Å². The average Bonchev–Trinajstić information content (AvgIpc) is 2.83. The number of benzene rings is 2. The number of hydrogen-bond acceptors (Lipinski definition) is 2. The van der Waals surface area contributed by atoms with E-state index in [9.17, 15) is 4.39 Å².